The summed E-state index contributed by atoms with van der Waals surface area (Å²) >= 11 is 0. The van der Waals surface area contributed by atoms with Gasteiger partial charge in [0.2, 0.25) is 0 Å². The lowest BCUT2D eigenvalue weighted by atomic mass is 9.42. The Morgan fingerprint density at radius 2 is 1.75 bits per heavy atom. The van der Waals surface area contributed by atoms with Crippen LogP contribution in [0.15, 0.2) is 0 Å². The van der Waals surface area contributed by atoms with E-state index in [-0.39, 0.29) is 29.5 Å². The molecule has 4 N–H and O–H groups in total. The van der Waals surface area contributed by atoms with E-state index in [9.17, 15) is 20.1 Å². The van der Waals surface area contributed by atoms with Gasteiger partial charge < -0.3 is 20.6 Å². The second-order valence-electron chi connectivity index (χ2n) is 12.8. The number of fused-ring (bicyclic) bond motifs is 5. The number of aliphatic hydroxyl groups excluding tert-OH is 2. The first-order valence-corrected chi connectivity index (χ1v) is 13.3. The molecule has 0 saturated heterocycles. The highest BCUT2D eigenvalue weighted by Crippen LogP contribution is 2.68. The first-order valence-electron chi connectivity index (χ1n) is 13.3. The number of carbonyl (C=O) groups is 1. The highest BCUT2D eigenvalue weighted by Gasteiger charge is 2.65. The van der Waals surface area contributed by atoms with E-state index >= 15 is 0 Å². The minimum atomic E-state index is -0.696. The molecule has 0 aromatic rings. The van der Waals surface area contributed by atoms with Gasteiger partial charge in [-0.3, -0.25) is 4.79 Å². The second kappa shape index (κ2) is 8.85. The quantitative estimate of drug-likeness (QED) is 0.481. The third kappa shape index (κ3) is 3.94. The van der Waals surface area contributed by atoms with Crippen LogP contribution in [0.25, 0.3) is 0 Å². The number of carboxylic acids is 1. The molecule has 11 atom stereocenters. The average molecular weight is 450 g/mol. The Morgan fingerprint density at radius 3 is 2.41 bits per heavy atom. The Kier molecular flexibility index (Phi) is 6.77. The van der Waals surface area contributed by atoms with Crippen LogP contribution in [0.5, 0.6) is 0 Å². The van der Waals surface area contributed by atoms with Crippen LogP contribution in [0, 0.1) is 46.3 Å². The van der Waals surface area contributed by atoms with E-state index in [1.165, 1.54) is 0 Å². The average Bonchev–Trinajstić information content (AvgIpc) is 3.06. The van der Waals surface area contributed by atoms with E-state index in [0.717, 1.165) is 51.4 Å². The molecule has 0 bridgehead atoms. The number of rotatable bonds is 6. The van der Waals surface area contributed by atoms with E-state index < -0.39 is 5.97 Å². The summed E-state index contributed by atoms with van der Waals surface area (Å²) in [6, 6.07) is 0.790. The molecule has 0 aliphatic heterocycles. The van der Waals surface area contributed by atoms with Crippen LogP contribution in [0.4, 0.5) is 0 Å². The van der Waals surface area contributed by atoms with Crippen molar-refractivity contribution < 1.29 is 20.1 Å². The fraction of sp³-hybridized carbons (Fsp3) is 0.963. The standard InChI is InChI=1S/C27H47NO4/c1-15(2)28-23-14-21-25(22(30)13-17-12-18(29)10-11-26(17,21)4)20-8-7-19(27(20,23)5)16(3)6-9-24(31)32/h15-23,25,28-30H,6-14H2,1-5H3,(H,31,32)/t16-,17+,18-,19-,20+,21+,22?,23?,25+,26+,27-/m1/s1. The molecular formula is C27H47NO4. The van der Waals surface area contributed by atoms with E-state index in [1.54, 1.807) is 0 Å². The van der Waals surface area contributed by atoms with Gasteiger partial charge in [0.25, 0.3) is 0 Å². The first-order chi connectivity index (χ1) is 15.0. The maximum atomic E-state index is 11.5. The lowest BCUT2D eigenvalue weighted by Crippen LogP contribution is -2.65. The van der Waals surface area contributed by atoms with Gasteiger partial charge in [0, 0.05) is 18.5 Å². The lowest BCUT2D eigenvalue weighted by Gasteiger charge is -2.64. The van der Waals surface area contributed by atoms with Crippen LogP contribution < -0.4 is 5.32 Å². The summed E-state index contributed by atoms with van der Waals surface area (Å²) in [7, 11) is 0. The molecule has 4 aliphatic carbocycles. The van der Waals surface area contributed by atoms with Gasteiger partial charge in [0.15, 0.2) is 0 Å². The van der Waals surface area contributed by atoms with E-state index in [1.807, 2.05) is 0 Å². The molecule has 4 saturated carbocycles. The predicted molar refractivity (Wildman–Crippen MR) is 126 cm³/mol. The highest BCUT2D eigenvalue weighted by atomic mass is 16.4. The fourth-order valence-electron chi connectivity index (χ4n) is 9.37. The number of carboxylic acid groups (broad SMARTS) is 1. The van der Waals surface area contributed by atoms with E-state index in [2.05, 4.69) is 39.9 Å². The molecule has 5 nitrogen and oxygen atoms in total. The molecule has 0 aromatic carbocycles. The Bertz CT molecular complexity index is 697. The maximum absolute atomic E-state index is 11.5. The summed E-state index contributed by atoms with van der Waals surface area (Å²) in [6.07, 6.45) is 7.54. The van der Waals surface area contributed by atoms with Gasteiger partial charge in [-0.1, -0.05) is 34.6 Å². The highest BCUT2D eigenvalue weighted by molar-refractivity contribution is 5.66. The van der Waals surface area contributed by atoms with Crippen LogP contribution in [0.1, 0.15) is 92.4 Å². The molecule has 0 spiro atoms. The summed E-state index contributed by atoms with van der Waals surface area (Å²) in [5.41, 5.74) is 0.288. The smallest absolute Gasteiger partial charge is 0.303 e. The van der Waals surface area contributed by atoms with Crippen LogP contribution in [-0.2, 0) is 4.79 Å². The molecule has 0 aromatic heterocycles. The summed E-state index contributed by atoms with van der Waals surface area (Å²) in [5.74, 6) is 1.90. The lowest BCUT2D eigenvalue weighted by molar-refractivity contribution is -0.183. The monoisotopic (exact) mass is 449 g/mol. The van der Waals surface area contributed by atoms with Gasteiger partial charge >= 0.3 is 5.97 Å². The minimum Gasteiger partial charge on any atom is -0.481 e. The SMILES string of the molecule is CC(C)NC1C[C@H]2[C@@H](C(O)C[C@@H]3C[C@H](O)CC[C@@]32C)[C@@H]2CC[C@H]([C@H](C)CCC(=O)O)[C@@]12C. The van der Waals surface area contributed by atoms with Crippen molar-refractivity contribution in [3.63, 3.8) is 0 Å². The Balaban J connectivity index is 1.67. The number of hydrogen-bond acceptors (Lipinski definition) is 4. The van der Waals surface area contributed by atoms with Crippen LogP contribution in [0.3, 0.4) is 0 Å². The maximum Gasteiger partial charge on any atom is 0.303 e. The largest absolute Gasteiger partial charge is 0.481 e. The Hall–Kier alpha value is -0.650. The first kappa shape index (κ1) is 24.5. The van der Waals surface area contributed by atoms with Crippen molar-refractivity contribution >= 4 is 5.97 Å². The van der Waals surface area contributed by atoms with Crippen molar-refractivity contribution in [2.45, 2.75) is 117 Å². The summed E-state index contributed by atoms with van der Waals surface area (Å²) in [5, 5.41) is 35.1. The van der Waals surface area contributed by atoms with Crippen molar-refractivity contribution in [1.29, 1.82) is 0 Å². The van der Waals surface area contributed by atoms with Crippen molar-refractivity contribution in [2.75, 3.05) is 0 Å². The van der Waals surface area contributed by atoms with Crippen LogP contribution >= 0.6 is 0 Å². The Morgan fingerprint density at radius 1 is 1.03 bits per heavy atom. The van der Waals surface area contributed by atoms with Gasteiger partial charge in [-0.05, 0) is 97.7 Å². The van der Waals surface area contributed by atoms with Gasteiger partial charge in [-0.25, -0.2) is 0 Å². The van der Waals surface area contributed by atoms with Crippen LogP contribution in [-0.4, -0.2) is 45.6 Å². The van der Waals surface area contributed by atoms with Crippen molar-refractivity contribution in [2.24, 2.45) is 46.3 Å². The molecule has 5 heteroatoms. The number of aliphatic hydroxyl groups is 2. The van der Waals surface area contributed by atoms with Gasteiger partial charge in [-0.15, -0.1) is 0 Å². The minimum absolute atomic E-state index is 0.0850. The zero-order valence-electron chi connectivity index (χ0n) is 20.9. The number of nitrogens with one attached hydrogen (secondary N) is 1. The molecule has 0 amide bonds. The second-order valence-corrected chi connectivity index (χ2v) is 12.8. The summed E-state index contributed by atoms with van der Waals surface area (Å²) in [6.45, 7) is 11.7. The van der Waals surface area contributed by atoms with Crippen molar-refractivity contribution in [1.82, 2.24) is 5.32 Å². The van der Waals surface area contributed by atoms with Gasteiger partial charge in [-0.2, -0.15) is 0 Å². The zero-order valence-corrected chi connectivity index (χ0v) is 20.9. The van der Waals surface area contributed by atoms with E-state index in [4.69, 9.17) is 0 Å². The predicted octanol–water partition coefficient (Wildman–Crippen LogP) is 4.45. The summed E-state index contributed by atoms with van der Waals surface area (Å²) in [4.78, 5) is 11.3. The van der Waals surface area contributed by atoms with Gasteiger partial charge in [0.1, 0.15) is 0 Å². The molecule has 4 rings (SSSR count). The molecular weight excluding hydrogens is 402 g/mol. The van der Waals surface area contributed by atoms with Crippen LogP contribution in [0.2, 0.25) is 0 Å². The molecule has 0 radical (unpaired) electrons. The molecule has 4 aliphatic rings. The number of hydrogen-bond donors (Lipinski definition) is 4. The molecule has 4 fully saturated rings. The third-order valence-corrected chi connectivity index (χ3v) is 10.9. The fourth-order valence-corrected chi connectivity index (χ4v) is 9.37. The normalized spacial score (nSPS) is 49.2. The molecule has 184 valence electrons. The molecule has 2 unspecified atom stereocenters. The number of aliphatic carboxylic acids is 1. The zero-order chi connectivity index (χ0) is 23.4. The Labute approximate surface area is 194 Å². The topological polar surface area (TPSA) is 89.8 Å². The summed E-state index contributed by atoms with van der Waals surface area (Å²) < 4.78 is 0. The van der Waals surface area contributed by atoms with Crippen molar-refractivity contribution in [3.8, 4) is 0 Å². The van der Waals surface area contributed by atoms with E-state index in [0.29, 0.717) is 47.6 Å². The van der Waals surface area contributed by atoms with Crippen molar-refractivity contribution in [3.05, 3.63) is 0 Å². The molecule has 0 heterocycles. The van der Waals surface area contributed by atoms with Gasteiger partial charge in [0.05, 0.1) is 12.2 Å². The third-order valence-electron chi connectivity index (χ3n) is 10.9. The molecule has 32 heavy (non-hydrogen) atoms.